The van der Waals surface area contributed by atoms with Gasteiger partial charge in [0.05, 0.1) is 0 Å². The van der Waals surface area contributed by atoms with E-state index in [0.29, 0.717) is 19.2 Å². The van der Waals surface area contributed by atoms with E-state index in [0.717, 1.165) is 11.7 Å². The van der Waals surface area contributed by atoms with E-state index in [1.807, 2.05) is 31.2 Å². The molecule has 112 valence electrons. The molecule has 3 nitrogen and oxygen atoms in total. The SMILES string of the molecule is Cc1ccc(OCC(O)CNC2CCC(C)CC2)cc1. The summed E-state index contributed by atoms with van der Waals surface area (Å²) in [7, 11) is 0. The van der Waals surface area contributed by atoms with Crippen LogP contribution in [0.15, 0.2) is 24.3 Å². The predicted octanol–water partition coefficient (Wildman–Crippen LogP) is 2.90. The Morgan fingerprint density at radius 3 is 2.50 bits per heavy atom. The predicted molar refractivity (Wildman–Crippen MR) is 82.1 cm³/mol. The summed E-state index contributed by atoms with van der Waals surface area (Å²) in [5, 5.41) is 13.4. The Balaban J connectivity index is 1.62. The monoisotopic (exact) mass is 277 g/mol. The second kappa shape index (κ2) is 7.65. The largest absolute Gasteiger partial charge is 0.491 e. The minimum absolute atomic E-state index is 0.346. The second-order valence-corrected chi connectivity index (χ2v) is 6.14. The fourth-order valence-corrected chi connectivity index (χ4v) is 2.65. The van der Waals surface area contributed by atoms with Gasteiger partial charge in [-0.05, 0) is 50.7 Å². The van der Waals surface area contributed by atoms with Crippen molar-refractivity contribution in [1.82, 2.24) is 5.32 Å². The smallest absolute Gasteiger partial charge is 0.119 e. The van der Waals surface area contributed by atoms with E-state index >= 15 is 0 Å². The van der Waals surface area contributed by atoms with Gasteiger partial charge in [0.1, 0.15) is 18.5 Å². The molecule has 0 saturated heterocycles. The molecule has 20 heavy (non-hydrogen) atoms. The molecule has 0 heterocycles. The summed E-state index contributed by atoms with van der Waals surface area (Å²) in [6, 6.07) is 8.49. The van der Waals surface area contributed by atoms with E-state index in [1.165, 1.54) is 31.2 Å². The lowest BCUT2D eigenvalue weighted by Gasteiger charge is -2.27. The van der Waals surface area contributed by atoms with Crippen molar-refractivity contribution in [1.29, 1.82) is 0 Å². The Bertz CT molecular complexity index is 382. The van der Waals surface area contributed by atoms with Crippen LogP contribution >= 0.6 is 0 Å². The van der Waals surface area contributed by atoms with Gasteiger partial charge in [0.25, 0.3) is 0 Å². The van der Waals surface area contributed by atoms with Gasteiger partial charge < -0.3 is 15.2 Å². The van der Waals surface area contributed by atoms with Gasteiger partial charge >= 0.3 is 0 Å². The van der Waals surface area contributed by atoms with Gasteiger partial charge in [-0.15, -0.1) is 0 Å². The van der Waals surface area contributed by atoms with Crippen LogP contribution in [-0.4, -0.2) is 30.4 Å². The van der Waals surface area contributed by atoms with E-state index in [4.69, 9.17) is 4.74 Å². The number of ether oxygens (including phenoxy) is 1. The summed E-state index contributed by atoms with van der Waals surface area (Å²) in [5.41, 5.74) is 1.21. The average Bonchev–Trinajstić information content (AvgIpc) is 2.46. The van der Waals surface area contributed by atoms with E-state index in [9.17, 15) is 5.11 Å². The number of aliphatic hydroxyl groups excluding tert-OH is 1. The van der Waals surface area contributed by atoms with Crippen LogP contribution < -0.4 is 10.1 Å². The molecule has 0 aliphatic heterocycles. The zero-order chi connectivity index (χ0) is 14.4. The zero-order valence-electron chi connectivity index (χ0n) is 12.6. The fraction of sp³-hybridized carbons (Fsp3) is 0.647. The standard InChI is InChI=1S/C17H27NO2/c1-13-3-7-15(8-4-13)18-11-16(19)12-20-17-9-5-14(2)6-10-17/h5-6,9-10,13,15-16,18-19H,3-4,7-8,11-12H2,1-2H3. The lowest BCUT2D eigenvalue weighted by Crippen LogP contribution is -2.39. The Labute approximate surface area is 122 Å². The number of benzene rings is 1. The highest BCUT2D eigenvalue weighted by Gasteiger charge is 2.18. The molecular weight excluding hydrogens is 250 g/mol. The first kappa shape index (κ1) is 15.3. The van der Waals surface area contributed by atoms with Gasteiger partial charge in [0.15, 0.2) is 0 Å². The number of hydrogen-bond acceptors (Lipinski definition) is 3. The zero-order valence-corrected chi connectivity index (χ0v) is 12.6. The highest BCUT2D eigenvalue weighted by atomic mass is 16.5. The molecule has 1 aliphatic rings. The van der Waals surface area contributed by atoms with Crippen LogP contribution in [0.3, 0.4) is 0 Å². The van der Waals surface area contributed by atoms with Crippen molar-refractivity contribution in [2.24, 2.45) is 5.92 Å². The molecule has 1 aliphatic carbocycles. The van der Waals surface area contributed by atoms with Gasteiger partial charge in [0, 0.05) is 12.6 Å². The van der Waals surface area contributed by atoms with Gasteiger partial charge in [0.2, 0.25) is 0 Å². The first-order valence-electron chi connectivity index (χ1n) is 7.74. The van der Waals surface area contributed by atoms with E-state index < -0.39 is 6.10 Å². The molecule has 1 saturated carbocycles. The molecule has 0 bridgehead atoms. The molecular formula is C17H27NO2. The van der Waals surface area contributed by atoms with Crippen molar-refractivity contribution in [3.05, 3.63) is 29.8 Å². The van der Waals surface area contributed by atoms with Gasteiger partial charge in [-0.25, -0.2) is 0 Å². The third-order valence-corrected chi connectivity index (χ3v) is 4.12. The highest BCUT2D eigenvalue weighted by molar-refractivity contribution is 5.26. The Kier molecular flexibility index (Phi) is 5.86. The second-order valence-electron chi connectivity index (χ2n) is 6.14. The van der Waals surface area contributed by atoms with Crippen molar-refractivity contribution >= 4 is 0 Å². The van der Waals surface area contributed by atoms with Gasteiger partial charge in [-0.1, -0.05) is 24.6 Å². The van der Waals surface area contributed by atoms with Gasteiger partial charge in [-0.2, -0.15) is 0 Å². The number of hydrogen-bond donors (Lipinski definition) is 2. The van der Waals surface area contributed by atoms with Crippen LogP contribution in [0.25, 0.3) is 0 Å². The van der Waals surface area contributed by atoms with Crippen molar-refractivity contribution < 1.29 is 9.84 Å². The van der Waals surface area contributed by atoms with Crippen LogP contribution in [0.1, 0.15) is 38.2 Å². The molecule has 1 fully saturated rings. The minimum Gasteiger partial charge on any atom is -0.491 e. The van der Waals surface area contributed by atoms with Crippen LogP contribution in [0.4, 0.5) is 0 Å². The molecule has 1 unspecified atom stereocenters. The summed E-state index contributed by atoms with van der Waals surface area (Å²) in [6.45, 7) is 5.33. The van der Waals surface area contributed by atoms with E-state index in [1.54, 1.807) is 0 Å². The van der Waals surface area contributed by atoms with Crippen LogP contribution in [0, 0.1) is 12.8 Å². The summed E-state index contributed by atoms with van der Waals surface area (Å²) in [5.74, 6) is 1.68. The normalized spacial score (nSPS) is 24.4. The minimum atomic E-state index is -0.448. The number of nitrogens with one attached hydrogen (secondary N) is 1. The lowest BCUT2D eigenvalue weighted by molar-refractivity contribution is 0.101. The maximum atomic E-state index is 9.96. The van der Waals surface area contributed by atoms with Crippen molar-refractivity contribution in [2.75, 3.05) is 13.2 Å². The Hall–Kier alpha value is -1.06. The summed E-state index contributed by atoms with van der Waals surface area (Å²) < 4.78 is 5.59. The molecule has 0 spiro atoms. The molecule has 1 atom stereocenters. The van der Waals surface area contributed by atoms with Crippen molar-refractivity contribution in [3.63, 3.8) is 0 Å². The summed E-state index contributed by atoms with van der Waals surface area (Å²) >= 11 is 0. The molecule has 1 aromatic rings. The van der Waals surface area contributed by atoms with Crippen molar-refractivity contribution in [3.8, 4) is 5.75 Å². The number of rotatable bonds is 6. The molecule has 0 aromatic heterocycles. The molecule has 2 rings (SSSR count). The first-order valence-corrected chi connectivity index (χ1v) is 7.74. The third kappa shape index (κ3) is 5.14. The Morgan fingerprint density at radius 2 is 1.85 bits per heavy atom. The summed E-state index contributed by atoms with van der Waals surface area (Å²) in [6.07, 6.45) is 4.61. The maximum absolute atomic E-state index is 9.96. The number of aryl methyl sites for hydroxylation is 1. The van der Waals surface area contributed by atoms with Gasteiger partial charge in [-0.3, -0.25) is 0 Å². The third-order valence-electron chi connectivity index (χ3n) is 4.12. The van der Waals surface area contributed by atoms with Crippen LogP contribution in [-0.2, 0) is 0 Å². The molecule has 0 amide bonds. The lowest BCUT2D eigenvalue weighted by atomic mass is 9.87. The average molecular weight is 277 g/mol. The molecule has 0 radical (unpaired) electrons. The van der Waals surface area contributed by atoms with E-state index in [2.05, 4.69) is 12.2 Å². The van der Waals surface area contributed by atoms with E-state index in [-0.39, 0.29) is 0 Å². The Morgan fingerprint density at radius 1 is 1.20 bits per heavy atom. The van der Waals surface area contributed by atoms with Crippen LogP contribution in [0.2, 0.25) is 0 Å². The first-order chi connectivity index (χ1) is 9.63. The summed E-state index contributed by atoms with van der Waals surface area (Å²) in [4.78, 5) is 0. The topological polar surface area (TPSA) is 41.5 Å². The highest BCUT2D eigenvalue weighted by Crippen LogP contribution is 2.23. The fourth-order valence-electron chi connectivity index (χ4n) is 2.65. The molecule has 2 N–H and O–H groups in total. The molecule has 3 heteroatoms. The van der Waals surface area contributed by atoms with Crippen LogP contribution in [0.5, 0.6) is 5.75 Å². The maximum Gasteiger partial charge on any atom is 0.119 e. The number of aliphatic hydroxyl groups is 1. The molecule has 1 aromatic carbocycles. The van der Waals surface area contributed by atoms with Crippen molar-refractivity contribution in [2.45, 2.75) is 51.7 Å². The quantitative estimate of drug-likeness (QED) is 0.840.